The van der Waals surface area contributed by atoms with Crippen molar-refractivity contribution in [3.05, 3.63) is 24.3 Å². The van der Waals surface area contributed by atoms with Crippen LogP contribution in [0.4, 0.5) is 16.2 Å². The average molecular weight is 375 g/mol. The maximum absolute atomic E-state index is 12.0. The summed E-state index contributed by atoms with van der Waals surface area (Å²) in [6.07, 6.45) is 4.02. The second kappa shape index (κ2) is 10.9. The van der Waals surface area contributed by atoms with Crippen molar-refractivity contribution < 1.29 is 9.59 Å². The minimum atomic E-state index is -0.196. The zero-order valence-corrected chi connectivity index (χ0v) is 16.9. The van der Waals surface area contributed by atoms with Crippen LogP contribution >= 0.6 is 0 Å². The molecule has 1 fully saturated rings. The molecule has 1 aromatic carbocycles. The summed E-state index contributed by atoms with van der Waals surface area (Å²) in [6.45, 7) is 10.4. The number of carbonyl (C=O) groups excluding carboxylic acids is 2. The van der Waals surface area contributed by atoms with Crippen LogP contribution in [-0.2, 0) is 4.79 Å². The Balaban J connectivity index is 1.63. The average Bonchev–Trinajstić information content (AvgIpc) is 2.61. The lowest BCUT2D eigenvalue weighted by Crippen LogP contribution is -2.36. The van der Waals surface area contributed by atoms with Crippen LogP contribution in [0, 0.1) is 11.8 Å². The van der Waals surface area contributed by atoms with Gasteiger partial charge in [0.2, 0.25) is 5.91 Å². The largest absolute Gasteiger partial charge is 0.338 e. The Bertz CT molecular complexity index is 593. The van der Waals surface area contributed by atoms with Crippen molar-refractivity contribution in [1.29, 1.82) is 0 Å². The van der Waals surface area contributed by atoms with Crippen molar-refractivity contribution >= 4 is 23.3 Å². The van der Waals surface area contributed by atoms with E-state index in [-0.39, 0.29) is 11.9 Å². The monoisotopic (exact) mass is 374 g/mol. The number of amides is 3. The number of nitrogens with zero attached hydrogens (tertiary/aromatic N) is 1. The maximum Gasteiger partial charge on any atom is 0.319 e. The molecule has 3 amide bonds. The van der Waals surface area contributed by atoms with Gasteiger partial charge < -0.3 is 20.9 Å². The summed E-state index contributed by atoms with van der Waals surface area (Å²) in [5, 5.41) is 8.58. The van der Waals surface area contributed by atoms with Crippen LogP contribution in [0.2, 0.25) is 0 Å². The minimum Gasteiger partial charge on any atom is -0.338 e. The zero-order valence-electron chi connectivity index (χ0n) is 16.9. The van der Waals surface area contributed by atoms with E-state index in [1.165, 1.54) is 25.9 Å². The lowest BCUT2D eigenvalue weighted by molar-refractivity contribution is -0.116. The molecule has 0 spiro atoms. The Morgan fingerprint density at radius 1 is 1.07 bits per heavy atom. The van der Waals surface area contributed by atoms with Gasteiger partial charge in [-0.3, -0.25) is 4.79 Å². The first-order chi connectivity index (χ1) is 12.9. The van der Waals surface area contributed by atoms with E-state index in [2.05, 4.69) is 27.8 Å². The molecule has 0 bridgehead atoms. The fraction of sp³-hybridized carbons (Fsp3) is 0.619. The number of urea groups is 1. The highest BCUT2D eigenvalue weighted by Gasteiger charge is 2.14. The molecule has 3 N–H and O–H groups in total. The molecule has 0 unspecified atom stereocenters. The Morgan fingerprint density at radius 3 is 2.26 bits per heavy atom. The number of benzene rings is 1. The van der Waals surface area contributed by atoms with Gasteiger partial charge in [-0.05, 0) is 75.0 Å². The van der Waals surface area contributed by atoms with Crippen molar-refractivity contribution in [2.75, 3.05) is 36.8 Å². The predicted molar refractivity (Wildman–Crippen MR) is 111 cm³/mol. The second-order valence-electron chi connectivity index (χ2n) is 7.98. The number of anilines is 2. The molecule has 1 saturated heterocycles. The second-order valence-corrected chi connectivity index (χ2v) is 7.98. The molecule has 1 aromatic rings. The maximum atomic E-state index is 12.0. The topological polar surface area (TPSA) is 73.5 Å². The molecule has 1 aliphatic heterocycles. The first kappa shape index (κ1) is 21.2. The Kier molecular flexibility index (Phi) is 8.58. The van der Waals surface area contributed by atoms with E-state index in [4.69, 9.17) is 0 Å². The molecule has 150 valence electrons. The molecule has 0 radical (unpaired) electrons. The predicted octanol–water partition coefficient (Wildman–Crippen LogP) is 3.91. The van der Waals surface area contributed by atoms with Crippen LogP contribution in [0.15, 0.2) is 24.3 Å². The van der Waals surface area contributed by atoms with Crippen LogP contribution in [0.1, 0.15) is 46.5 Å². The smallest absolute Gasteiger partial charge is 0.319 e. The van der Waals surface area contributed by atoms with Crippen molar-refractivity contribution in [2.24, 2.45) is 11.8 Å². The molecule has 0 atom stereocenters. The summed E-state index contributed by atoms with van der Waals surface area (Å²) in [5.74, 6) is 1.18. The van der Waals surface area contributed by atoms with E-state index in [0.717, 1.165) is 24.6 Å². The zero-order chi connectivity index (χ0) is 19.6. The van der Waals surface area contributed by atoms with Gasteiger partial charge in [0.05, 0.1) is 0 Å². The summed E-state index contributed by atoms with van der Waals surface area (Å²) < 4.78 is 0. The minimum absolute atomic E-state index is 0.00613. The van der Waals surface area contributed by atoms with Gasteiger partial charge >= 0.3 is 6.03 Å². The molecule has 6 nitrogen and oxygen atoms in total. The quantitative estimate of drug-likeness (QED) is 0.604. The van der Waals surface area contributed by atoms with Crippen molar-refractivity contribution in [2.45, 2.75) is 46.5 Å². The molecule has 0 aromatic heterocycles. The first-order valence-electron chi connectivity index (χ1n) is 10.1. The van der Waals surface area contributed by atoms with Crippen molar-refractivity contribution in [3.8, 4) is 0 Å². The van der Waals surface area contributed by atoms with Crippen LogP contribution in [-0.4, -0.2) is 43.0 Å². The summed E-state index contributed by atoms with van der Waals surface area (Å²) >= 11 is 0. The van der Waals surface area contributed by atoms with Gasteiger partial charge in [0.1, 0.15) is 0 Å². The number of rotatable bonds is 8. The van der Waals surface area contributed by atoms with Gasteiger partial charge in [0.15, 0.2) is 0 Å². The number of piperidine rings is 1. The Hall–Kier alpha value is -2.08. The number of carbonyl (C=O) groups is 2. The van der Waals surface area contributed by atoms with Gasteiger partial charge in [0.25, 0.3) is 0 Å². The summed E-state index contributed by atoms with van der Waals surface area (Å²) in [4.78, 5) is 26.2. The Morgan fingerprint density at radius 2 is 1.67 bits per heavy atom. The van der Waals surface area contributed by atoms with Crippen LogP contribution < -0.4 is 16.0 Å². The molecular weight excluding hydrogens is 340 g/mol. The summed E-state index contributed by atoms with van der Waals surface area (Å²) in [5.41, 5.74) is 1.45. The highest BCUT2D eigenvalue weighted by atomic mass is 16.2. The molecule has 1 heterocycles. The van der Waals surface area contributed by atoms with Crippen LogP contribution in [0.25, 0.3) is 0 Å². The van der Waals surface area contributed by atoms with Crippen molar-refractivity contribution in [1.82, 2.24) is 10.2 Å². The molecule has 6 heteroatoms. The molecule has 2 rings (SSSR count). The fourth-order valence-corrected chi connectivity index (χ4v) is 3.19. The fourth-order valence-electron chi connectivity index (χ4n) is 3.19. The van der Waals surface area contributed by atoms with Gasteiger partial charge in [-0.15, -0.1) is 0 Å². The molecular formula is C21H34N4O2. The number of nitrogens with one attached hydrogen (secondary N) is 3. The van der Waals surface area contributed by atoms with E-state index >= 15 is 0 Å². The highest BCUT2D eigenvalue weighted by molar-refractivity contribution is 5.92. The normalized spacial score (nSPS) is 15.6. The summed E-state index contributed by atoms with van der Waals surface area (Å²) in [6, 6.07) is 6.98. The third kappa shape index (κ3) is 8.43. The molecule has 0 aliphatic carbocycles. The van der Waals surface area contributed by atoms with E-state index in [1.807, 2.05) is 13.8 Å². The number of hydrogen-bond donors (Lipinski definition) is 3. The van der Waals surface area contributed by atoms with E-state index in [0.29, 0.717) is 24.6 Å². The SMILES string of the molecule is CC(C)CC(=O)Nc1ccc(NC(=O)NCCCN2CCC(C)CC2)cc1. The van der Waals surface area contributed by atoms with Gasteiger partial charge in [-0.1, -0.05) is 20.8 Å². The first-order valence-corrected chi connectivity index (χ1v) is 10.1. The van der Waals surface area contributed by atoms with Crippen LogP contribution in [0.5, 0.6) is 0 Å². The highest BCUT2D eigenvalue weighted by Crippen LogP contribution is 2.16. The third-order valence-corrected chi connectivity index (χ3v) is 4.83. The van der Waals surface area contributed by atoms with Crippen molar-refractivity contribution in [3.63, 3.8) is 0 Å². The van der Waals surface area contributed by atoms with Gasteiger partial charge in [-0.2, -0.15) is 0 Å². The lowest BCUT2D eigenvalue weighted by Gasteiger charge is -2.30. The van der Waals surface area contributed by atoms with Gasteiger partial charge in [-0.25, -0.2) is 4.79 Å². The van der Waals surface area contributed by atoms with Gasteiger partial charge in [0, 0.05) is 24.3 Å². The number of hydrogen-bond acceptors (Lipinski definition) is 3. The van der Waals surface area contributed by atoms with E-state index < -0.39 is 0 Å². The summed E-state index contributed by atoms with van der Waals surface area (Å²) in [7, 11) is 0. The molecule has 0 saturated carbocycles. The standard InChI is InChI=1S/C21H34N4O2/c1-16(2)15-20(26)23-18-5-7-19(8-6-18)24-21(27)22-11-4-12-25-13-9-17(3)10-14-25/h5-8,16-17H,4,9-15H2,1-3H3,(H,23,26)(H2,22,24,27). The third-order valence-electron chi connectivity index (χ3n) is 4.83. The lowest BCUT2D eigenvalue weighted by atomic mass is 9.99. The van der Waals surface area contributed by atoms with Crippen LogP contribution in [0.3, 0.4) is 0 Å². The van der Waals surface area contributed by atoms with E-state index in [9.17, 15) is 9.59 Å². The van der Waals surface area contributed by atoms with E-state index in [1.54, 1.807) is 24.3 Å². The Labute approximate surface area is 163 Å². The molecule has 27 heavy (non-hydrogen) atoms. The molecule has 1 aliphatic rings. The number of likely N-dealkylation sites (tertiary alicyclic amines) is 1.